The fourth-order valence-corrected chi connectivity index (χ4v) is 2.20. The summed E-state index contributed by atoms with van der Waals surface area (Å²) in [6.07, 6.45) is 1.81. The normalized spacial score (nSPS) is 12.3. The van der Waals surface area contributed by atoms with Crippen LogP contribution >= 0.6 is 0 Å². The van der Waals surface area contributed by atoms with Gasteiger partial charge in [0.05, 0.1) is 30.7 Å². The van der Waals surface area contributed by atoms with Gasteiger partial charge in [-0.25, -0.2) is 4.98 Å². The van der Waals surface area contributed by atoms with Gasteiger partial charge in [0.25, 0.3) is 0 Å². The summed E-state index contributed by atoms with van der Waals surface area (Å²) < 4.78 is 5.36. The maximum atomic E-state index is 9.42. The van der Waals surface area contributed by atoms with Crippen molar-refractivity contribution in [2.75, 3.05) is 24.8 Å². The van der Waals surface area contributed by atoms with Crippen molar-refractivity contribution in [3.63, 3.8) is 0 Å². The van der Waals surface area contributed by atoms with E-state index in [4.69, 9.17) is 10.5 Å². The van der Waals surface area contributed by atoms with Crippen LogP contribution < -0.4 is 15.8 Å². The van der Waals surface area contributed by atoms with E-state index in [1.807, 2.05) is 18.2 Å². The predicted octanol–water partition coefficient (Wildman–Crippen LogP) is 1.79. The molecule has 0 aliphatic rings. The Morgan fingerprint density at radius 3 is 2.85 bits per heavy atom. The number of aliphatic hydroxyl groups excluding tert-OH is 1. The number of benzene rings is 1. The summed E-state index contributed by atoms with van der Waals surface area (Å²) >= 11 is 0. The number of anilines is 2. The first-order chi connectivity index (χ1) is 9.69. The zero-order valence-corrected chi connectivity index (χ0v) is 11.8. The standard InChI is InChI=1S/C14H20N4O2/c1-3-5-9(8-19)16-13-12-10(17-14(15)18-13)6-4-7-11(12)20-2/h4,6-7,9,19H,3,5,8H2,1-2H3,(H3,15,16,17,18)/t9-/m0/s1. The summed E-state index contributed by atoms with van der Waals surface area (Å²) in [5.74, 6) is 1.47. The monoisotopic (exact) mass is 276 g/mol. The van der Waals surface area contributed by atoms with Gasteiger partial charge < -0.3 is 20.9 Å². The van der Waals surface area contributed by atoms with Gasteiger partial charge in [-0.1, -0.05) is 19.4 Å². The lowest BCUT2D eigenvalue weighted by atomic mass is 10.1. The van der Waals surface area contributed by atoms with E-state index < -0.39 is 0 Å². The first-order valence-electron chi connectivity index (χ1n) is 6.67. The van der Waals surface area contributed by atoms with E-state index in [0.29, 0.717) is 17.1 Å². The number of ether oxygens (including phenoxy) is 1. The van der Waals surface area contributed by atoms with Crippen LogP contribution in [0.3, 0.4) is 0 Å². The molecule has 0 aliphatic heterocycles. The third-order valence-electron chi connectivity index (χ3n) is 3.12. The van der Waals surface area contributed by atoms with Crippen LogP contribution in [0.2, 0.25) is 0 Å². The fraction of sp³-hybridized carbons (Fsp3) is 0.429. The molecule has 0 amide bonds. The maximum Gasteiger partial charge on any atom is 0.222 e. The van der Waals surface area contributed by atoms with E-state index in [1.165, 1.54) is 0 Å². The Bertz CT molecular complexity index is 589. The number of hydrogen-bond donors (Lipinski definition) is 3. The molecule has 0 saturated carbocycles. The molecular weight excluding hydrogens is 256 g/mol. The minimum Gasteiger partial charge on any atom is -0.496 e. The molecule has 2 rings (SSSR count). The minimum absolute atomic E-state index is 0.0361. The first kappa shape index (κ1) is 14.3. The quantitative estimate of drug-likeness (QED) is 0.745. The van der Waals surface area contributed by atoms with E-state index in [2.05, 4.69) is 22.2 Å². The molecule has 1 aromatic carbocycles. The smallest absolute Gasteiger partial charge is 0.222 e. The van der Waals surface area contributed by atoms with Crippen molar-refractivity contribution in [2.24, 2.45) is 0 Å². The molecule has 1 atom stereocenters. The van der Waals surface area contributed by atoms with Crippen molar-refractivity contribution in [2.45, 2.75) is 25.8 Å². The topological polar surface area (TPSA) is 93.3 Å². The minimum atomic E-state index is -0.0672. The highest BCUT2D eigenvalue weighted by molar-refractivity contribution is 5.95. The van der Waals surface area contributed by atoms with Gasteiger partial charge in [0.15, 0.2) is 0 Å². The van der Waals surface area contributed by atoms with Crippen LogP contribution in [0.15, 0.2) is 18.2 Å². The summed E-state index contributed by atoms with van der Waals surface area (Å²) in [5.41, 5.74) is 6.46. The van der Waals surface area contributed by atoms with E-state index in [1.54, 1.807) is 7.11 Å². The summed E-state index contributed by atoms with van der Waals surface area (Å²) in [6.45, 7) is 2.10. The lowest BCUT2D eigenvalue weighted by molar-refractivity contribution is 0.268. The molecular formula is C14H20N4O2. The van der Waals surface area contributed by atoms with E-state index in [-0.39, 0.29) is 18.6 Å². The highest BCUT2D eigenvalue weighted by Gasteiger charge is 2.14. The second-order valence-electron chi connectivity index (χ2n) is 4.60. The van der Waals surface area contributed by atoms with Crippen LogP contribution in [0, 0.1) is 0 Å². The molecule has 108 valence electrons. The predicted molar refractivity (Wildman–Crippen MR) is 79.9 cm³/mol. The highest BCUT2D eigenvalue weighted by atomic mass is 16.5. The molecule has 0 spiro atoms. The summed E-state index contributed by atoms with van der Waals surface area (Å²) in [4.78, 5) is 8.45. The van der Waals surface area contributed by atoms with Crippen LogP contribution in [0.1, 0.15) is 19.8 Å². The number of nitrogen functional groups attached to an aromatic ring is 1. The van der Waals surface area contributed by atoms with Crippen LogP contribution in [-0.2, 0) is 0 Å². The van der Waals surface area contributed by atoms with Crippen LogP contribution in [-0.4, -0.2) is 34.8 Å². The van der Waals surface area contributed by atoms with Gasteiger partial charge in [-0.2, -0.15) is 4.98 Å². The number of rotatable bonds is 6. The molecule has 0 fully saturated rings. The molecule has 2 aromatic rings. The van der Waals surface area contributed by atoms with Crippen LogP contribution in [0.4, 0.5) is 11.8 Å². The zero-order chi connectivity index (χ0) is 14.5. The van der Waals surface area contributed by atoms with Crippen molar-refractivity contribution in [1.29, 1.82) is 0 Å². The van der Waals surface area contributed by atoms with Crippen molar-refractivity contribution in [1.82, 2.24) is 9.97 Å². The van der Waals surface area contributed by atoms with Crippen LogP contribution in [0.25, 0.3) is 10.9 Å². The van der Waals surface area contributed by atoms with Crippen molar-refractivity contribution < 1.29 is 9.84 Å². The number of aromatic nitrogens is 2. The zero-order valence-electron chi connectivity index (χ0n) is 11.8. The van der Waals surface area contributed by atoms with Gasteiger partial charge in [0.2, 0.25) is 5.95 Å². The van der Waals surface area contributed by atoms with E-state index in [9.17, 15) is 5.11 Å². The number of methoxy groups -OCH3 is 1. The Hall–Kier alpha value is -2.08. The van der Waals surface area contributed by atoms with Gasteiger partial charge in [-0.3, -0.25) is 0 Å². The molecule has 1 aromatic heterocycles. The van der Waals surface area contributed by atoms with Crippen molar-refractivity contribution >= 4 is 22.7 Å². The average Bonchev–Trinajstić information content (AvgIpc) is 2.45. The Labute approximate surface area is 118 Å². The second-order valence-corrected chi connectivity index (χ2v) is 4.60. The van der Waals surface area contributed by atoms with Gasteiger partial charge in [0, 0.05) is 0 Å². The molecule has 6 nitrogen and oxygen atoms in total. The van der Waals surface area contributed by atoms with E-state index >= 15 is 0 Å². The molecule has 0 aliphatic carbocycles. The molecule has 6 heteroatoms. The lowest BCUT2D eigenvalue weighted by Crippen LogP contribution is -2.24. The van der Waals surface area contributed by atoms with Gasteiger partial charge >= 0.3 is 0 Å². The number of nitrogens with one attached hydrogen (secondary N) is 1. The second kappa shape index (κ2) is 6.38. The third-order valence-corrected chi connectivity index (χ3v) is 3.12. The highest BCUT2D eigenvalue weighted by Crippen LogP contribution is 2.31. The fourth-order valence-electron chi connectivity index (χ4n) is 2.20. The Morgan fingerprint density at radius 1 is 1.40 bits per heavy atom. The Morgan fingerprint density at radius 2 is 2.20 bits per heavy atom. The molecule has 20 heavy (non-hydrogen) atoms. The third kappa shape index (κ3) is 2.91. The molecule has 0 saturated heterocycles. The number of nitrogens with two attached hydrogens (primary N) is 1. The average molecular weight is 276 g/mol. The molecule has 4 N–H and O–H groups in total. The van der Waals surface area contributed by atoms with Crippen LogP contribution in [0.5, 0.6) is 5.75 Å². The Balaban J connectivity index is 2.50. The molecule has 1 heterocycles. The number of nitrogens with zero attached hydrogens (tertiary/aromatic N) is 2. The molecule has 0 unspecified atom stereocenters. The van der Waals surface area contributed by atoms with Gasteiger partial charge in [0.1, 0.15) is 11.6 Å². The summed E-state index contributed by atoms with van der Waals surface area (Å²) in [5, 5.41) is 13.4. The SMILES string of the molecule is CCC[C@@H](CO)Nc1nc(N)nc2cccc(OC)c12. The number of fused-ring (bicyclic) bond motifs is 1. The Kier molecular flexibility index (Phi) is 4.57. The summed E-state index contributed by atoms with van der Waals surface area (Å²) in [6, 6.07) is 5.49. The summed E-state index contributed by atoms with van der Waals surface area (Å²) in [7, 11) is 1.60. The number of aliphatic hydroxyl groups is 1. The van der Waals surface area contributed by atoms with Crippen molar-refractivity contribution in [3.8, 4) is 5.75 Å². The van der Waals surface area contributed by atoms with Crippen molar-refractivity contribution in [3.05, 3.63) is 18.2 Å². The largest absolute Gasteiger partial charge is 0.496 e. The lowest BCUT2D eigenvalue weighted by Gasteiger charge is -2.18. The number of hydrogen-bond acceptors (Lipinski definition) is 6. The maximum absolute atomic E-state index is 9.42. The molecule has 0 bridgehead atoms. The first-order valence-corrected chi connectivity index (χ1v) is 6.67. The van der Waals surface area contributed by atoms with E-state index in [0.717, 1.165) is 18.2 Å². The van der Waals surface area contributed by atoms with Gasteiger partial charge in [-0.15, -0.1) is 0 Å². The molecule has 0 radical (unpaired) electrons. The van der Waals surface area contributed by atoms with Gasteiger partial charge in [-0.05, 0) is 18.6 Å².